The van der Waals surface area contributed by atoms with E-state index in [-0.39, 0.29) is 10.5 Å². The number of benzene rings is 2. The fraction of sp³-hybridized carbons (Fsp3) is 0. The third kappa shape index (κ3) is 3.26. The van der Waals surface area contributed by atoms with Gasteiger partial charge in [0.15, 0.2) is 9.84 Å². The Morgan fingerprint density at radius 2 is 1.63 bits per heavy atom. The van der Waals surface area contributed by atoms with Crippen molar-refractivity contribution in [3.05, 3.63) is 71.1 Å². The van der Waals surface area contributed by atoms with Crippen LogP contribution >= 0.6 is 0 Å². The van der Waals surface area contributed by atoms with Crippen LogP contribution in [0.4, 0.5) is 8.78 Å². The standard InChI is InChI=1S/C14H10F2O2S/c15-12-7-6-11(14(16)10-12)8-9-19(17,18)13-4-2-1-3-5-13/h1-10H/b9-8+. The molecular weight excluding hydrogens is 270 g/mol. The van der Waals surface area contributed by atoms with Crippen molar-refractivity contribution < 1.29 is 17.2 Å². The molecular formula is C14H10F2O2S. The molecule has 0 bridgehead atoms. The Labute approximate surface area is 109 Å². The summed E-state index contributed by atoms with van der Waals surface area (Å²) < 4.78 is 49.8. The van der Waals surface area contributed by atoms with Gasteiger partial charge < -0.3 is 0 Å². The molecule has 0 unspecified atom stereocenters. The molecule has 0 fully saturated rings. The third-order valence-electron chi connectivity index (χ3n) is 2.46. The first-order chi connectivity index (χ1) is 8.99. The summed E-state index contributed by atoms with van der Waals surface area (Å²) in [5.74, 6) is -1.51. The SMILES string of the molecule is O=S(=O)(/C=C/c1ccc(F)cc1F)c1ccccc1. The molecule has 98 valence electrons. The summed E-state index contributed by atoms with van der Waals surface area (Å²) in [4.78, 5) is 0.119. The summed E-state index contributed by atoms with van der Waals surface area (Å²) in [6.45, 7) is 0. The molecule has 0 spiro atoms. The quantitative estimate of drug-likeness (QED) is 0.863. The van der Waals surface area contributed by atoms with Gasteiger partial charge in [-0.15, -0.1) is 0 Å². The molecule has 0 radical (unpaired) electrons. The zero-order valence-corrected chi connectivity index (χ0v) is 10.6. The first-order valence-electron chi connectivity index (χ1n) is 5.42. The van der Waals surface area contributed by atoms with Crippen molar-refractivity contribution in [1.29, 1.82) is 0 Å². The van der Waals surface area contributed by atoms with Gasteiger partial charge in [0, 0.05) is 17.0 Å². The molecule has 0 aliphatic heterocycles. The second kappa shape index (κ2) is 5.32. The minimum Gasteiger partial charge on any atom is -0.219 e. The zero-order chi connectivity index (χ0) is 13.9. The van der Waals surface area contributed by atoms with Crippen LogP contribution in [0.3, 0.4) is 0 Å². The van der Waals surface area contributed by atoms with Gasteiger partial charge in [-0.1, -0.05) is 18.2 Å². The summed E-state index contributed by atoms with van der Waals surface area (Å²) >= 11 is 0. The Balaban J connectivity index is 2.33. The van der Waals surface area contributed by atoms with E-state index in [1.165, 1.54) is 18.2 Å². The lowest BCUT2D eigenvalue weighted by Gasteiger charge is -1.99. The topological polar surface area (TPSA) is 34.1 Å². The van der Waals surface area contributed by atoms with E-state index in [1.54, 1.807) is 18.2 Å². The predicted octanol–water partition coefficient (Wildman–Crippen LogP) is 3.41. The minimum absolute atomic E-state index is 0.0147. The van der Waals surface area contributed by atoms with Gasteiger partial charge >= 0.3 is 0 Å². The van der Waals surface area contributed by atoms with Crippen molar-refractivity contribution in [3.8, 4) is 0 Å². The molecule has 0 heterocycles. The van der Waals surface area contributed by atoms with E-state index in [0.29, 0.717) is 6.07 Å². The van der Waals surface area contributed by atoms with Crippen molar-refractivity contribution >= 4 is 15.9 Å². The molecule has 2 aromatic rings. The molecule has 0 aliphatic carbocycles. The van der Waals surface area contributed by atoms with E-state index < -0.39 is 21.5 Å². The lowest BCUT2D eigenvalue weighted by atomic mass is 10.2. The summed E-state index contributed by atoms with van der Waals surface area (Å²) in [6.07, 6.45) is 1.11. The van der Waals surface area contributed by atoms with Gasteiger partial charge in [-0.3, -0.25) is 0 Å². The van der Waals surface area contributed by atoms with Gasteiger partial charge in [0.05, 0.1) is 4.90 Å². The number of hydrogen-bond acceptors (Lipinski definition) is 2. The number of halogens is 2. The molecule has 0 atom stereocenters. The highest BCUT2D eigenvalue weighted by molar-refractivity contribution is 7.94. The fourth-order valence-electron chi connectivity index (χ4n) is 1.49. The Bertz CT molecular complexity index is 707. The second-order valence-electron chi connectivity index (χ2n) is 3.83. The van der Waals surface area contributed by atoms with Crippen molar-refractivity contribution in [2.45, 2.75) is 4.90 Å². The molecule has 0 amide bonds. The van der Waals surface area contributed by atoms with E-state index in [2.05, 4.69) is 0 Å². The monoisotopic (exact) mass is 280 g/mol. The van der Waals surface area contributed by atoms with E-state index >= 15 is 0 Å². The van der Waals surface area contributed by atoms with Crippen molar-refractivity contribution in [3.63, 3.8) is 0 Å². The van der Waals surface area contributed by atoms with Crippen LogP contribution < -0.4 is 0 Å². The van der Waals surface area contributed by atoms with E-state index in [9.17, 15) is 17.2 Å². The smallest absolute Gasteiger partial charge is 0.199 e. The molecule has 2 aromatic carbocycles. The first-order valence-corrected chi connectivity index (χ1v) is 6.97. The van der Waals surface area contributed by atoms with Gasteiger partial charge in [-0.05, 0) is 30.3 Å². The fourth-order valence-corrected chi connectivity index (χ4v) is 2.51. The molecule has 0 saturated carbocycles. The average Bonchev–Trinajstić information content (AvgIpc) is 2.39. The number of sulfone groups is 1. The summed E-state index contributed by atoms with van der Waals surface area (Å²) in [5, 5.41) is 0.901. The summed E-state index contributed by atoms with van der Waals surface area (Å²) in [5.41, 5.74) is 0.0147. The van der Waals surface area contributed by atoms with Crippen molar-refractivity contribution in [2.24, 2.45) is 0 Å². The normalized spacial score (nSPS) is 11.9. The van der Waals surface area contributed by atoms with Gasteiger partial charge in [0.25, 0.3) is 0 Å². The van der Waals surface area contributed by atoms with Crippen LogP contribution in [0.5, 0.6) is 0 Å². The molecule has 0 N–H and O–H groups in total. The molecule has 0 aromatic heterocycles. The van der Waals surface area contributed by atoms with Gasteiger partial charge in [0.2, 0.25) is 0 Å². The highest BCUT2D eigenvalue weighted by Crippen LogP contribution is 2.15. The molecule has 19 heavy (non-hydrogen) atoms. The highest BCUT2D eigenvalue weighted by Gasteiger charge is 2.09. The second-order valence-corrected chi connectivity index (χ2v) is 5.66. The van der Waals surface area contributed by atoms with Crippen LogP contribution in [-0.4, -0.2) is 8.42 Å². The van der Waals surface area contributed by atoms with Gasteiger partial charge in [-0.25, -0.2) is 17.2 Å². The molecule has 2 nitrogen and oxygen atoms in total. The molecule has 5 heteroatoms. The zero-order valence-electron chi connectivity index (χ0n) is 9.75. The maximum atomic E-state index is 13.3. The van der Waals surface area contributed by atoms with Crippen LogP contribution in [0, 0.1) is 11.6 Å². The van der Waals surface area contributed by atoms with E-state index in [0.717, 1.165) is 17.6 Å². The van der Waals surface area contributed by atoms with Crippen molar-refractivity contribution in [2.75, 3.05) is 0 Å². The summed E-state index contributed by atoms with van der Waals surface area (Å²) in [7, 11) is -3.63. The Morgan fingerprint density at radius 3 is 2.26 bits per heavy atom. The minimum atomic E-state index is -3.63. The first kappa shape index (κ1) is 13.4. The maximum Gasteiger partial charge on any atom is 0.199 e. The van der Waals surface area contributed by atoms with Gasteiger partial charge in [0.1, 0.15) is 11.6 Å². The van der Waals surface area contributed by atoms with Crippen molar-refractivity contribution in [1.82, 2.24) is 0 Å². The molecule has 2 rings (SSSR count). The lowest BCUT2D eigenvalue weighted by Crippen LogP contribution is -1.95. The molecule has 0 aliphatic rings. The Hall–Kier alpha value is -2.01. The number of hydrogen-bond donors (Lipinski definition) is 0. The van der Waals surface area contributed by atoms with E-state index in [4.69, 9.17) is 0 Å². The molecule has 0 saturated heterocycles. The van der Waals surface area contributed by atoms with Crippen LogP contribution in [0.2, 0.25) is 0 Å². The Kier molecular flexibility index (Phi) is 3.76. The Morgan fingerprint density at radius 1 is 0.947 bits per heavy atom. The van der Waals surface area contributed by atoms with Crippen LogP contribution in [0.15, 0.2) is 58.8 Å². The van der Waals surface area contributed by atoms with Crippen LogP contribution in [-0.2, 0) is 9.84 Å². The summed E-state index contributed by atoms with van der Waals surface area (Å²) in [6, 6.07) is 10.7. The van der Waals surface area contributed by atoms with Gasteiger partial charge in [-0.2, -0.15) is 0 Å². The van der Waals surface area contributed by atoms with E-state index in [1.807, 2.05) is 0 Å². The van der Waals surface area contributed by atoms with Crippen LogP contribution in [0.1, 0.15) is 5.56 Å². The predicted molar refractivity (Wildman–Crippen MR) is 69.0 cm³/mol. The largest absolute Gasteiger partial charge is 0.219 e. The third-order valence-corrected chi connectivity index (χ3v) is 3.88. The average molecular weight is 280 g/mol. The van der Waals surface area contributed by atoms with Crippen LogP contribution in [0.25, 0.3) is 6.08 Å². The maximum absolute atomic E-state index is 13.3. The lowest BCUT2D eigenvalue weighted by molar-refractivity contribution is 0.581. The number of rotatable bonds is 3. The highest BCUT2D eigenvalue weighted by atomic mass is 32.2.